The fraction of sp³-hybridized carbons (Fsp3) is 0.500. The summed E-state index contributed by atoms with van der Waals surface area (Å²) >= 11 is 0. The van der Waals surface area contributed by atoms with E-state index in [0.29, 0.717) is 12.0 Å². The Hall–Kier alpha value is -1.38. The molecule has 1 saturated heterocycles. The van der Waals surface area contributed by atoms with E-state index in [-0.39, 0.29) is 0 Å². The number of rotatable bonds is 4. The molecule has 0 radical (unpaired) electrons. The average Bonchev–Trinajstić information content (AvgIpc) is 2.55. The third-order valence-electron chi connectivity index (χ3n) is 4.85. The largest absolute Gasteiger partial charge is 0.346 e. The summed E-state index contributed by atoms with van der Waals surface area (Å²) in [5, 5.41) is 2.49. The molecule has 0 aromatic heterocycles. The summed E-state index contributed by atoms with van der Waals surface area (Å²) in [7, 11) is 0. The van der Waals surface area contributed by atoms with Gasteiger partial charge < -0.3 is 9.47 Å². The van der Waals surface area contributed by atoms with Crippen LogP contribution in [0.4, 0.5) is 0 Å². The van der Waals surface area contributed by atoms with Crippen LogP contribution in [0.5, 0.6) is 0 Å². The second-order valence-corrected chi connectivity index (χ2v) is 6.43. The summed E-state index contributed by atoms with van der Waals surface area (Å²) in [5.41, 5.74) is 1.11. The molecule has 0 unspecified atom stereocenters. The summed E-state index contributed by atoms with van der Waals surface area (Å²) < 4.78 is 12.6. The smallest absolute Gasteiger partial charge is 0.192 e. The molecule has 1 heterocycles. The van der Waals surface area contributed by atoms with Crippen LogP contribution in [0.3, 0.4) is 0 Å². The first-order valence-corrected chi connectivity index (χ1v) is 8.47. The minimum absolute atomic E-state index is 0.292. The first kappa shape index (κ1) is 15.5. The fourth-order valence-electron chi connectivity index (χ4n) is 3.38. The molecule has 0 bridgehead atoms. The molecule has 0 saturated carbocycles. The Morgan fingerprint density at radius 2 is 1.86 bits per heavy atom. The third kappa shape index (κ3) is 2.90. The summed E-state index contributed by atoms with van der Waals surface area (Å²) in [6.45, 7) is 7.29. The maximum atomic E-state index is 6.43. The van der Waals surface area contributed by atoms with Crippen LogP contribution >= 0.6 is 0 Å². The summed E-state index contributed by atoms with van der Waals surface area (Å²) in [6.07, 6.45) is 3.65. The van der Waals surface area contributed by atoms with Gasteiger partial charge in [0.2, 0.25) is 0 Å². The molecule has 22 heavy (non-hydrogen) atoms. The molecule has 0 N–H and O–H groups in total. The number of hydrogen-bond acceptors (Lipinski definition) is 2. The Kier molecular flexibility index (Phi) is 4.51. The van der Waals surface area contributed by atoms with Crippen LogP contribution in [0.15, 0.2) is 42.5 Å². The molecule has 1 aliphatic heterocycles. The Bertz CT molecular complexity index is 636. The number of fused-ring (bicyclic) bond motifs is 1. The van der Waals surface area contributed by atoms with Crippen molar-refractivity contribution in [3.05, 3.63) is 48.0 Å². The Morgan fingerprint density at radius 3 is 2.59 bits per heavy atom. The van der Waals surface area contributed by atoms with Crippen LogP contribution in [-0.2, 0) is 15.3 Å². The molecule has 0 amide bonds. The van der Waals surface area contributed by atoms with Crippen LogP contribution in [0.2, 0.25) is 0 Å². The molecule has 118 valence electrons. The van der Waals surface area contributed by atoms with E-state index in [1.807, 2.05) is 0 Å². The van der Waals surface area contributed by atoms with E-state index in [2.05, 4.69) is 63.2 Å². The maximum Gasteiger partial charge on any atom is 0.192 e. The molecule has 3 rings (SSSR count). The van der Waals surface area contributed by atoms with Crippen molar-refractivity contribution in [1.29, 1.82) is 0 Å². The summed E-state index contributed by atoms with van der Waals surface area (Å²) in [5.74, 6) is -0.122. The van der Waals surface area contributed by atoms with Crippen LogP contribution in [0.25, 0.3) is 10.8 Å². The van der Waals surface area contributed by atoms with Gasteiger partial charge in [-0.15, -0.1) is 0 Å². The van der Waals surface area contributed by atoms with E-state index in [0.717, 1.165) is 31.4 Å². The average molecular weight is 298 g/mol. The van der Waals surface area contributed by atoms with Gasteiger partial charge in [-0.25, -0.2) is 0 Å². The minimum atomic E-state index is -0.629. The van der Waals surface area contributed by atoms with E-state index in [1.54, 1.807) is 0 Å². The zero-order valence-corrected chi connectivity index (χ0v) is 13.8. The van der Waals surface area contributed by atoms with E-state index >= 15 is 0 Å². The van der Waals surface area contributed by atoms with Gasteiger partial charge in [0, 0.05) is 11.5 Å². The van der Waals surface area contributed by atoms with Gasteiger partial charge >= 0.3 is 0 Å². The quantitative estimate of drug-likeness (QED) is 0.767. The van der Waals surface area contributed by atoms with Gasteiger partial charge in [0.25, 0.3) is 0 Å². The third-order valence-corrected chi connectivity index (χ3v) is 4.85. The highest BCUT2D eigenvalue weighted by atomic mass is 16.7. The molecule has 2 nitrogen and oxygen atoms in total. The fourth-order valence-corrected chi connectivity index (χ4v) is 3.38. The molecule has 1 aliphatic rings. The van der Waals surface area contributed by atoms with Crippen molar-refractivity contribution >= 4 is 10.8 Å². The topological polar surface area (TPSA) is 18.5 Å². The van der Waals surface area contributed by atoms with E-state index in [4.69, 9.17) is 9.47 Å². The van der Waals surface area contributed by atoms with Crippen molar-refractivity contribution in [2.45, 2.75) is 51.9 Å². The SMILES string of the molecule is CCC[C@@H]1O[C@](C)(c2ccc3ccccc3c2)OC[C@H]1CC. The van der Waals surface area contributed by atoms with Gasteiger partial charge in [0.15, 0.2) is 5.79 Å². The first-order valence-electron chi connectivity index (χ1n) is 8.47. The standard InChI is InChI=1S/C20H26O2/c1-4-8-19-15(5-2)14-21-20(3,22-19)18-12-11-16-9-6-7-10-17(16)13-18/h6-7,9-13,15,19H,4-5,8,14H2,1-3H3/t15-,19+,20-/m1/s1. The molecular formula is C20H26O2. The normalized spacial score (nSPS) is 28.9. The Balaban J connectivity index is 1.90. The van der Waals surface area contributed by atoms with Crippen LogP contribution in [0.1, 0.15) is 45.6 Å². The monoisotopic (exact) mass is 298 g/mol. The molecule has 2 aromatic rings. The molecule has 2 aromatic carbocycles. The number of hydrogen-bond donors (Lipinski definition) is 0. The molecule has 0 spiro atoms. The number of ether oxygens (including phenoxy) is 2. The van der Waals surface area contributed by atoms with Gasteiger partial charge in [-0.2, -0.15) is 0 Å². The lowest BCUT2D eigenvalue weighted by Crippen LogP contribution is -2.45. The van der Waals surface area contributed by atoms with E-state index < -0.39 is 5.79 Å². The maximum absolute atomic E-state index is 6.43. The lowest BCUT2D eigenvalue weighted by atomic mass is 9.93. The molecule has 2 heteroatoms. The minimum Gasteiger partial charge on any atom is -0.346 e. The molecule has 0 aliphatic carbocycles. The lowest BCUT2D eigenvalue weighted by Gasteiger charge is -2.43. The molecular weight excluding hydrogens is 272 g/mol. The highest BCUT2D eigenvalue weighted by molar-refractivity contribution is 5.83. The Labute approximate surface area is 133 Å². The highest BCUT2D eigenvalue weighted by Gasteiger charge is 2.39. The van der Waals surface area contributed by atoms with Gasteiger partial charge in [-0.05, 0) is 36.6 Å². The van der Waals surface area contributed by atoms with Crippen LogP contribution in [0, 0.1) is 5.92 Å². The summed E-state index contributed by atoms with van der Waals surface area (Å²) in [4.78, 5) is 0. The highest BCUT2D eigenvalue weighted by Crippen LogP contribution is 2.38. The van der Waals surface area contributed by atoms with Crippen molar-refractivity contribution in [3.63, 3.8) is 0 Å². The lowest BCUT2D eigenvalue weighted by molar-refractivity contribution is -0.312. The van der Waals surface area contributed by atoms with Gasteiger partial charge in [0.1, 0.15) is 0 Å². The van der Waals surface area contributed by atoms with Crippen molar-refractivity contribution in [2.24, 2.45) is 5.92 Å². The van der Waals surface area contributed by atoms with E-state index in [9.17, 15) is 0 Å². The number of benzene rings is 2. The van der Waals surface area contributed by atoms with Gasteiger partial charge in [-0.1, -0.05) is 56.7 Å². The summed E-state index contributed by atoms with van der Waals surface area (Å²) in [6, 6.07) is 14.9. The van der Waals surface area contributed by atoms with Crippen LogP contribution in [-0.4, -0.2) is 12.7 Å². The van der Waals surface area contributed by atoms with E-state index in [1.165, 1.54) is 10.8 Å². The zero-order chi connectivity index (χ0) is 15.6. The predicted molar refractivity (Wildman–Crippen MR) is 90.8 cm³/mol. The first-order chi connectivity index (χ1) is 10.7. The molecule has 1 fully saturated rings. The second-order valence-electron chi connectivity index (χ2n) is 6.43. The van der Waals surface area contributed by atoms with Crippen molar-refractivity contribution < 1.29 is 9.47 Å². The van der Waals surface area contributed by atoms with Crippen molar-refractivity contribution in [1.82, 2.24) is 0 Å². The van der Waals surface area contributed by atoms with Crippen LogP contribution < -0.4 is 0 Å². The predicted octanol–water partition coefficient (Wildman–Crippen LogP) is 5.25. The zero-order valence-electron chi connectivity index (χ0n) is 13.8. The second kappa shape index (κ2) is 6.39. The van der Waals surface area contributed by atoms with Crippen molar-refractivity contribution in [2.75, 3.05) is 6.61 Å². The van der Waals surface area contributed by atoms with Crippen molar-refractivity contribution in [3.8, 4) is 0 Å². The van der Waals surface area contributed by atoms with Gasteiger partial charge in [0.05, 0.1) is 12.7 Å². The molecule has 3 atom stereocenters. The van der Waals surface area contributed by atoms with Gasteiger partial charge in [-0.3, -0.25) is 0 Å². The Morgan fingerprint density at radius 1 is 1.09 bits per heavy atom.